The third kappa shape index (κ3) is 1.77. The van der Waals surface area contributed by atoms with Crippen LogP contribution in [0, 0.1) is 29.4 Å². The standard InChI is InChI=1S/C15H16F2N2/c16-11-3-4-12-15(14(11)17)19-13(18-12)7-10-6-8-1-2-9(10)5-8/h3-4,8-10H,1-2,5-7H2,(H,18,19). The van der Waals surface area contributed by atoms with E-state index in [0.29, 0.717) is 11.4 Å². The highest BCUT2D eigenvalue weighted by atomic mass is 19.2. The Morgan fingerprint density at radius 2 is 2.11 bits per heavy atom. The molecule has 4 rings (SSSR count). The lowest BCUT2D eigenvalue weighted by Crippen LogP contribution is -2.13. The van der Waals surface area contributed by atoms with E-state index in [0.717, 1.165) is 30.1 Å². The highest BCUT2D eigenvalue weighted by Gasteiger charge is 2.39. The number of H-pyrrole nitrogens is 1. The quantitative estimate of drug-likeness (QED) is 0.875. The summed E-state index contributed by atoms with van der Waals surface area (Å²) in [6.07, 6.45) is 6.21. The molecule has 2 nitrogen and oxygen atoms in total. The maximum atomic E-state index is 13.6. The summed E-state index contributed by atoms with van der Waals surface area (Å²) in [6.45, 7) is 0. The molecule has 1 N–H and O–H groups in total. The lowest BCUT2D eigenvalue weighted by atomic mass is 9.86. The zero-order chi connectivity index (χ0) is 13.0. The van der Waals surface area contributed by atoms with Gasteiger partial charge in [-0.15, -0.1) is 0 Å². The largest absolute Gasteiger partial charge is 0.342 e. The second-order valence-corrected chi connectivity index (χ2v) is 6.08. The second-order valence-electron chi connectivity index (χ2n) is 6.08. The molecule has 1 heterocycles. The number of nitrogens with zero attached hydrogens (tertiary/aromatic N) is 1. The van der Waals surface area contributed by atoms with Crippen LogP contribution in [0.25, 0.3) is 11.0 Å². The van der Waals surface area contributed by atoms with E-state index in [-0.39, 0.29) is 5.52 Å². The highest BCUT2D eigenvalue weighted by Crippen LogP contribution is 2.49. The number of aromatic nitrogens is 2. The number of hydrogen-bond acceptors (Lipinski definition) is 1. The van der Waals surface area contributed by atoms with Gasteiger partial charge in [0.1, 0.15) is 11.3 Å². The monoisotopic (exact) mass is 262 g/mol. The SMILES string of the molecule is Fc1ccc2[nH]c(CC3CC4CCC3C4)nc2c1F. The molecule has 2 aliphatic carbocycles. The maximum Gasteiger partial charge on any atom is 0.186 e. The summed E-state index contributed by atoms with van der Waals surface area (Å²) in [5, 5.41) is 0. The van der Waals surface area contributed by atoms with Crippen LogP contribution in [0.1, 0.15) is 31.5 Å². The van der Waals surface area contributed by atoms with Gasteiger partial charge in [-0.2, -0.15) is 0 Å². The molecule has 2 aliphatic rings. The Labute approximate surface area is 110 Å². The molecule has 0 amide bonds. The molecule has 0 spiro atoms. The molecular formula is C15H16F2N2. The van der Waals surface area contributed by atoms with Gasteiger partial charge in [-0.05, 0) is 49.1 Å². The number of aromatic amines is 1. The van der Waals surface area contributed by atoms with E-state index in [4.69, 9.17) is 0 Å². The number of fused-ring (bicyclic) bond motifs is 3. The van der Waals surface area contributed by atoms with Gasteiger partial charge in [0, 0.05) is 6.42 Å². The van der Waals surface area contributed by atoms with Gasteiger partial charge in [0.2, 0.25) is 0 Å². The third-order valence-electron chi connectivity index (χ3n) is 4.93. The third-order valence-corrected chi connectivity index (χ3v) is 4.93. The maximum absolute atomic E-state index is 13.6. The zero-order valence-electron chi connectivity index (χ0n) is 10.6. The summed E-state index contributed by atoms with van der Waals surface area (Å²) in [5.74, 6) is 1.52. The molecule has 100 valence electrons. The van der Waals surface area contributed by atoms with Crippen molar-refractivity contribution in [2.75, 3.05) is 0 Å². The van der Waals surface area contributed by atoms with Crippen LogP contribution in [0.5, 0.6) is 0 Å². The van der Waals surface area contributed by atoms with Crippen molar-refractivity contribution in [3.63, 3.8) is 0 Å². The summed E-state index contributed by atoms with van der Waals surface area (Å²) in [6, 6.07) is 2.71. The number of benzene rings is 1. The molecule has 0 radical (unpaired) electrons. The van der Waals surface area contributed by atoms with Gasteiger partial charge >= 0.3 is 0 Å². The van der Waals surface area contributed by atoms with Crippen molar-refractivity contribution in [3.8, 4) is 0 Å². The van der Waals surface area contributed by atoms with Gasteiger partial charge in [-0.3, -0.25) is 0 Å². The average molecular weight is 262 g/mol. The molecule has 2 fully saturated rings. The van der Waals surface area contributed by atoms with Gasteiger partial charge in [-0.1, -0.05) is 6.42 Å². The molecular weight excluding hydrogens is 246 g/mol. The van der Waals surface area contributed by atoms with Crippen molar-refractivity contribution in [2.45, 2.75) is 32.1 Å². The van der Waals surface area contributed by atoms with E-state index in [2.05, 4.69) is 9.97 Å². The molecule has 19 heavy (non-hydrogen) atoms. The van der Waals surface area contributed by atoms with Gasteiger partial charge in [-0.25, -0.2) is 13.8 Å². The fraction of sp³-hybridized carbons (Fsp3) is 0.533. The van der Waals surface area contributed by atoms with Gasteiger partial charge in [0.15, 0.2) is 11.6 Å². The first-order valence-corrected chi connectivity index (χ1v) is 7.03. The number of halogens is 2. The summed E-state index contributed by atoms with van der Waals surface area (Å²) in [4.78, 5) is 7.38. The number of imidazole rings is 1. The van der Waals surface area contributed by atoms with Crippen molar-refractivity contribution >= 4 is 11.0 Å². The van der Waals surface area contributed by atoms with Crippen molar-refractivity contribution < 1.29 is 8.78 Å². The van der Waals surface area contributed by atoms with E-state index in [1.54, 1.807) is 6.07 Å². The van der Waals surface area contributed by atoms with Crippen LogP contribution < -0.4 is 0 Å². The fourth-order valence-corrected chi connectivity index (χ4v) is 4.04. The number of nitrogens with one attached hydrogen (secondary N) is 1. The van der Waals surface area contributed by atoms with Crippen LogP contribution in [-0.2, 0) is 6.42 Å². The number of rotatable bonds is 2. The van der Waals surface area contributed by atoms with E-state index in [1.165, 1.54) is 25.7 Å². The lowest BCUT2D eigenvalue weighted by Gasteiger charge is -2.20. The van der Waals surface area contributed by atoms with E-state index in [1.807, 2.05) is 0 Å². The van der Waals surface area contributed by atoms with Crippen molar-refractivity contribution in [2.24, 2.45) is 17.8 Å². The van der Waals surface area contributed by atoms with E-state index >= 15 is 0 Å². The van der Waals surface area contributed by atoms with E-state index < -0.39 is 11.6 Å². The molecule has 3 atom stereocenters. The minimum Gasteiger partial charge on any atom is -0.342 e. The summed E-state index contributed by atoms with van der Waals surface area (Å²) in [7, 11) is 0. The zero-order valence-corrected chi connectivity index (χ0v) is 10.6. The van der Waals surface area contributed by atoms with Crippen LogP contribution >= 0.6 is 0 Å². The predicted octanol–water partition coefficient (Wildman–Crippen LogP) is 3.82. The minimum atomic E-state index is -0.840. The summed E-state index contributed by atoms with van der Waals surface area (Å²) in [5.41, 5.74) is 0.732. The van der Waals surface area contributed by atoms with Crippen LogP contribution in [0.2, 0.25) is 0 Å². The predicted molar refractivity (Wildman–Crippen MR) is 68.7 cm³/mol. The Morgan fingerprint density at radius 1 is 1.21 bits per heavy atom. The second kappa shape index (κ2) is 4.02. The molecule has 0 saturated heterocycles. The van der Waals surface area contributed by atoms with Crippen LogP contribution in [0.15, 0.2) is 12.1 Å². The van der Waals surface area contributed by atoms with Gasteiger partial charge in [0.25, 0.3) is 0 Å². The Balaban J connectivity index is 1.63. The number of hydrogen-bond donors (Lipinski definition) is 1. The molecule has 1 aromatic carbocycles. The topological polar surface area (TPSA) is 28.7 Å². The summed E-state index contributed by atoms with van der Waals surface area (Å²) < 4.78 is 26.8. The first-order chi connectivity index (χ1) is 9.20. The average Bonchev–Trinajstić information content (AvgIpc) is 3.08. The van der Waals surface area contributed by atoms with Gasteiger partial charge in [0.05, 0.1) is 5.52 Å². The van der Waals surface area contributed by atoms with Crippen LogP contribution in [0.4, 0.5) is 8.78 Å². The Morgan fingerprint density at radius 3 is 2.84 bits per heavy atom. The summed E-state index contributed by atoms with van der Waals surface area (Å²) >= 11 is 0. The van der Waals surface area contributed by atoms with Crippen molar-refractivity contribution in [3.05, 3.63) is 29.6 Å². The molecule has 2 aromatic rings. The lowest BCUT2D eigenvalue weighted by molar-refractivity contribution is 0.327. The molecule has 4 heteroatoms. The van der Waals surface area contributed by atoms with Crippen molar-refractivity contribution in [1.82, 2.24) is 9.97 Å². The normalized spacial score (nSPS) is 29.5. The first kappa shape index (κ1) is 11.4. The highest BCUT2D eigenvalue weighted by molar-refractivity contribution is 5.75. The van der Waals surface area contributed by atoms with Crippen LogP contribution in [-0.4, -0.2) is 9.97 Å². The molecule has 2 saturated carbocycles. The molecule has 2 bridgehead atoms. The fourth-order valence-electron chi connectivity index (χ4n) is 4.04. The Bertz CT molecular complexity index is 634. The smallest absolute Gasteiger partial charge is 0.186 e. The Kier molecular flexibility index (Phi) is 2.41. The van der Waals surface area contributed by atoms with Crippen molar-refractivity contribution in [1.29, 1.82) is 0 Å². The van der Waals surface area contributed by atoms with E-state index in [9.17, 15) is 8.78 Å². The molecule has 1 aromatic heterocycles. The molecule has 3 unspecified atom stereocenters. The Hall–Kier alpha value is -1.45. The first-order valence-electron chi connectivity index (χ1n) is 7.03. The van der Waals surface area contributed by atoms with Crippen LogP contribution in [0.3, 0.4) is 0 Å². The van der Waals surface area contributed by atoms with Gasteiger partial charge < -0.3 is 4.98 Å². The molecule has 0 aliphatic heterocycles. The minimum absolute atomic E-state index is 0.137.